The molecule has 2 rings (SSSR count). The zero-order valence-corrected chi connectivity index (χ0v) is 8.39. The first-order chi connectivity index (χ1) is 7.24. The number of primary amides is 1. The Kier molecular flexibility index (Phi) is 2.55. The van der Waals surface area contributed by atoms with Crippen molar-refractivity contribution in [3.05, 3.63) is 24.0 Å². The van der Waals surface area contributed by atoms with E-state index >= 15 is 0 Å². The van der Waals surface area contributed by atoms with Gasteiger partial charge in [-0.2, -0.15) is 0 Å². The van der Waals surface area contributed by atoms with E-state index in [0.29, 0.717) is 6.54 Å². The van der Waals surface area contributed by atoms with Gasteiger partial charge < -0.3 is 16.4 Å². The molecule has 2 heterocycles. The number of hydrogen-bond donors (Lipinski definition) is 2. The van der Waals surface area contributed by atoms with Gasteiger partial charge in [0.1, 0.15) is 6.04 Å². The lowest BCUT2D eigenvalue weighted by atomic mass is 10.00. The van der Waals surface area contributed by atoms with Crippen LogP contribution in [0.25, 0.3) is 0 Å². The first-order valence-corrected chi connectivity index (χ1v) is 4.93. The molecule has 1 atom stereocenters. The number of aromatic nitrogens is 1. The molecule has 0 aliphatic carbocycles. The van der Waals surface area contributed by atoms with E-state index in [1.807, 2.05) is 11.0 Å². The smallest absolute Gasteiger partial charge is 0.240 e. The number of anilines is 1. The van der Waals surface area contributed by atoms with E-state index in [1.54, 1.807) is 12.4 Å². The van der Waals surface area contributed by atoms with Crippen molar-refractivity contribution in [1.29, 1.82) is 0 Å². The van der Waals surface area contributed by atoms with Crippen LogP contribution >= 0.6 is 0 Å². The maximum absolute atomic E-state index is 11.1. The first kappa shape index (κ1) is 9.92. The molecular weight excluding hydrogens is 192 g/mol. The summed E-state index contributed by atoms with van der Waals surface area (Å²) in [4.78, 5) is 17.1. The molecule has 1 amide bonds. The lowest BCUT2D eigenvalue weighted by Gasteiger charge is -2.41. The molecule has 1 aliphatic heterocycles. The van der Waals surface area contributed by atoms with Gasteiger partial charge in [0.25, 0.3) is 0 Å². The number of rotatable bonds is 3. The lowest BCUT2D eigenvalue weighted by molar-refractivity contribution is -0.120. The standard InChI is InChI=1S/C10H14N4O/c11-5-7-6-13-3-1-8(7)14-4-2-9(14)10(12)15/h1,3,6,9H,2,4-5,11H2,(H2,12,15). The van der Waals surface area contributed by atoms with Gasteiger partial charge in [-0.1, -0.05) is 0 Å². The van der Waals surface area contributed by atoms with Crippen LogP contribution in [0.4, 0.5) is 5.69 Å². The summed E-state index contributed by atoms with van der Waals surface area (Å²) in [5.41, 5.74) is 12.8. The first-order valence-electron chi connectivity index (χ1n) is 4.93. The number of pyridine rings is 1. The van der Waals surface area contributed by atoms with Crippen molar-refractivity contribution in [3.8, 4) is 0 Å². The van der Waals surface area contributed by atoms with Gasteiger partial charge in [0.15, 0.2) is 0 Å². The van der Waals surface area contributed by atoms with Gasteiger partial charge in [0.2, 0.25) is 5.91 Å². The molecule has 80 valence electrons. The van der Waals surface area contributed by atoms with Crippen LogP contribution in [-0.4, -0.2) is 23.5 Å². The second-order valence-corrected chi connectivity index (χ2v) is 3.61. The van der Waals surface area contributed by atoms with E-state index in [4.69, 9.17) is 11.5 Å². The molecule has 5 nitrogen and oxygen atoms in total. The normalized spacial score (nSPS) is 19.8. The molecule has 0 saturated carbocycles. The van der Waals surface area contributed by atoms with Gasteiger partial charge in [-0.05, 0) is 12.5 Å². The molecule has 0 radical (unpaired) electrons. The molecule has 1 aromatic heterocycles. The van der Waals surface area contributed by atoms with Crippen molar-refractivity contribution in [2.24, 2.45) is 11.5 Å². The van der Waals surface area contributed by atoms with E-state index in [0.717, 1.165) is 24.2 Å². The average Bonchev–Trinajstić information content (AvgIpc) is 2.16. The Bertz CT molecular complexity index is 379. The molecule has 1 fully saturated rings. The monoisotopic (exact) mass is 206 g/mol. The fraction of sp³-hybridized carbons (Fsp3) is 0.400. The molecule has 1 aliphatic rings. The third-order valence-electron chi connectivity index (χ3n) is 2.76. The molecule has 0 aromatic carbocycles. The second-order valence-electron chi connectivity index (χ2n) is 3.61. The van der Waals surface area contributed by atoms with Crippen molar-refractivity contribution in [1.82, 2.24) is 4.98 Å². The number of carbonyl (C=O) groups is 1. The zero-order valence-electron chi connectivity index (χ0n) is 8.39. The Labute approximate surface area is 88.1 Å². The molecule has 0 bridgehead atoms. The van der Waals surface area contributed by atoms with Crippen molar-refractivity contribution < 1.29 is 4.79 Å². The van der Waals surface area contributed by atoms with Crippen LogP contribution < -0.4 is 16.4 Å². The van der Waals surface area contributed by atoms with Crippen LogP contribution in [-0.2, 0) is 11.3 Å². The molecule has 4 N–H and O–H groups in total. The van der Waals surface area contributed by atoms with Crippen LogP contribution in [0.2, 0.25) is 0 Å². The second kappa shape index (κ2) is 3.86. The van der Waals surface area contributed by atoms with E-state index < -0.39 is 0 Å². The Morgan fingerprint density at radius 3 is 3.00 bits per heavy atom. The van der Waals surface area contributed by atoms with Gasteiger partial charge >= 0.3 is 0 Å². The molecule has 5 heteroatoms. The molecule has 1 saturated heterocycles. The van der Waals surface area contributed by atoms with Crippen molar-refractivity contribution in [2.45, 2.75) is 19.0 Å². The topological polar surface area (TPSA) is 85.2 Å². The summed E-state index contributed by atoms with van der Waals surface area (Å²) in [6.45, 7) is 1.27. The Hall–Kier alpha value is -1.62. The number of carbonyl (C=O) groups excluding carboxylic acids is 1. The van der Waals surface area contributed by atoms with Gasteiger partial charge in [-0.15, -0.1) is 0 Å². The summed E-state index contributed by atoms with van der Waals surface area (Å²) in [6.07, 6.45) is 4.25. The van der Waals surface area contributed by atoms with Crippen LogP contribution in [0, 0.1) is 0 Å². The third kappa shape index (κ3) is 1.66. The van der Waals surface area contributed by atoms with E-state index in [1.165, 1.54) is 0 Å². The highest BCUT2D eigenvalue weighted by molar-refractivity contribution is 5.85. The summed E-state index contributed by atoms with van der Waals surface area (Å²) in [6, 6.07) is 1.69. The van der Waals surface area contributed by atoms with E-state index in [2.05, 4.69) is 4.98 Å². The molecule has 0 spiro atoms. The van der Waals surface area contributed by atoms with Gasteiger partial charge in [-0.3, -0.25) is 9.78 Å². The van der Waals surface area contributed by atoms with Gasteiger partial charge in [-0.25, -0.2) is 0 Å². The van der Waals surface area contributed by atoms with Crippen LogP contribution in [0.1, 0.15) is 12.0 Å². The zero-order chi connectivity index (χ0) is 10.8. The fourth-order valence-corrected chi connectivity index (χ4v) is 1.83. The van der Waals surface area contributed by atoms with Gasteiger partial charge in [0, 0.05) is 36.7 Å². The fourth-order valence-electron chi connectivity index (χ4n) is 1.83. The molecule has 15 heavy (non-hydrogen) atoms. The van der Waals surface area contributed by atoms with Gasteiger partial charge in [0.05, 0.1) is 0 Å². The quantitative estimate of drug-likeness (QED) is 0.705. The number of nitrogens with zero attached hydrogens (tertiary/aromatic N) is 2. The average molecular weight is 206 g/mol. The van der Waals surface area contributed by atoms with E-state index in [-0.39, 0.29) is 11.9 Å². The Morgan fingerprint density at radius 1 is 1.67 bits per heavy atom. The lowest BCUT2D eigenvalue weighted by Crippen LogP contribution is -2.55. The van der Waals surface area contributed by atoms with Crippen molar-refractivity contribution in [2.75, 3.05) is 11.4 Å². The van der Waals surface area contributed by atoms with Crippen LogP contribution in [0.3, 0.4) is 0 Å². The van der Waals surface area contributed by atoms with E-state index in [9.17, 15) is 4.79 Å². The van der Waals surface area contributed by atoms with Crippen molar-refractivity contribution in [3.63, 3.8) is 0 Å². The van der Waals surface area contributed by atoms with Crippen molar-refractivity contribution >= 4 is 11.6 Å². The largest absolute Gasteiger partial charge is 0.368 e. The maximum atomic E-state index is 11.1. The minimum absolute atomic E-state index is 0.183. The minimum Gasteiger partial charge on any atom is -0.368 e. The Morgan fingerprint density at radius 2 is 2.47 bits per heavy atom. The highest BCUT2D eigenvalue weighted by Crippen LogP contribution is 2.28. The summed E-state index contributed by atoms with van der Waals surface area (Å²) in [5.74, 6) is -0.277. The molecular formula is C10H14N4O. The summed E-state index contributed by atoms with van der Waals surface area (Å²) >= 11 is 0. The third-order valence-corrected chi connectivity index (χ3v) is 2.76. The molecule has 1 unspecified atom stereocenters. The predicted octanol–water partition coefficient (Wildman–Crippen LogP) is -0.396. The predicted molar refractivity (Wildman–Crippen MR) is 57.1 cm³/mol. The SMILES string of the molecule is NCc1cnccc1N1CCC1C(N)=O. The summed E-state index contributed by atoms with van der Waals surface area (Å²) in [5, 5.41) is 0. The number of amides is 1. The van der Waals surface area contributed by atoms with Crippen LogP contribution in [0.15, 0.2) is 18.5 Å². The highest BCUT2D eigenvalue weighted by atomic mass is 16.1. The summed E-state index contributed by atoms with van der Waals surface area (Å²) < 4.78 is 0. The number of nitrogens with two attached hydrogens (primary N) is 2. The van der Waals surface area contributed by atoms with Crippen LogP contribution in [0.5, 0.6) is 0 Å². The number of hydrogen-bond acceptors (Lipinski definition) is 4. The Balaban J connectivity index is 2.26. The highest BCUT2D eigenvalue weighted by Gasteiger charge is 2.33. The molecule has 1 aromatic rings. The maximum Gasteiger partial charge on any atom is 0.240 e. The minimum atomic E-state index is -0.277. The summed E-state index contributed by atoms with van der Waals surface area (Å²) in [7, 11) is 0.